The molecular weight excluding hydrogens is 316 g/mol. The van der Waals surface area contributed by atoms with Crippen LogP contribution in [0.2, 0.25) is 0 Å². The molecule has 0 aromatic heterocycles. The molecule has 21 heavy (non-hydrogen) atoms. The quantitative estimate of drug-likeness (QED) is 0.574. The van der Waals surface area contributed by atoms with Gasteiger partial charge in [0.2, 0.25) is 0 Å². The Morgan fingerprint density at radius 3 is 2.19 bits per heavy atom. The Labute approximate surface area is 129 Å². The molecular formula is C14H19ClO5S. The van der Waals surface area contributed by atoms with Gasteiger partial charge < -0.3 is 0 Å². The molecule has 0 aromatic carbocycles. The van der Waals surface area contributed by atoms with E-state index in [0.717, 1.165) is 6.26 Å². The van der Waals surface area contributed by atoms with E-state index in [1.807, 2.05) is 0 Å². The number of hydrogen-bond donors (Lipinski definition) is 0. The molecule has 2 saturated carbocycles. The van der Waals surface area contributed by atoms with Crippen molar-refractivity contribution >= 4 is 38.8 Å². The van der Waals surface area contributed by atoms with Gasteiger partial charge in [-0.05, 0) is 25.7 Å². The van der Waals surface area contributed by atoms with Gasteiger partial charge >= 0.3 is 0 Å². The normalized spacial score (nSPS) is 32.2. The number of rotatable bonds is 3. The fraction of sp³-hybridized carbons (Fsp3) is 0.786. The number of ketones is 3. The summed E-state index contributed by atoms with van der Waals surface area (Å²) in [6.45, 7) is 0. The molecule has 3 atom stereocenters. The molecule has 0 N–H and O–H groups in total. The number of alkyl halides is 1. The minimum Gasteiger partial charge on any atom is -0.298 e. The lowest BCUT2D eigenvalue weighted by Crippen LogP contribution is -2.44. The number of sulfone groups is 1. The zero-order chi connectivity index (χ0) is 15.8. The highest BCUT2D eigenvalue weighted by atomic mass is 35.5. The van der Waals surface area contributed by atoms with Crippen molar-refractivity contribution in [3.8, 4) is 0 Å². The highest BCUT2D eigenvalue weighted by molar-refractivity contribution is 7.91. The van der Waals surface area contributed by atoms with Crippen LogP contribution in [0.25, 0.3) is 0 Å². The van der Waals surface area contributed by atoms with Crippen LogP contribution in [-0.4, -0.2) is 42.7 Å². The Bertz CT molecular complexity index is 552. The zero-order valence-electron chi connectivity index (χ0n) is 11.9. The number of carbonyl (C=O) groups excluding carboxylic acids is 3. The third-order valence-corrected chi connectivity index (χ3v) is 6.59. The first-order valence-electron chi connectivity index (χ1n) is 7.14. The van der Waals surface area contributed by atoms with E-state index < -0.39 is 38.1 Å². The summed E-state index contributed by atoms with van der Waals surface area (Å²) in [7, 11) is -3.18. The Kier molecular flexibility index (Phi) is 4.88. The summed E-state index contributed by atoms with van der Waals surface area (Å²) < 4.78 is 23.1. The number of carbonyl (C=O) groups is 3. The smallest absolute Gasteiger partial charge is 0.155 e. The number of hydrogen-bond acceptors (Lipinski definition) is 5. The van der Waals surface area contributed by atoms with E-state index >= 15 is 0 Å². The second-order valence-electron chi connectivity index (χ2n) is 6.01. The summed E-state index contributed by atoms with van der Waals surface area (Å²) in [5.74, 6) is -2.80. The van der Waals surface area contributed by atoms with Crippen LogP contribution in [-0.2, 0) is 24.2 Å². The SMILES string of the molecule is CS(=O)(=O)C1CCC(C(=O)C2C(=O)CCCC2=O)C(Cl)C1. The van der Waals surface area contributed by atoms with E-state index in [1.54, 1.807) is 0 Å². The maximum absolute atomic E-state index is 12.5. The van der Waals surface area contributed by atoms with Crippen LogP contribution in [0.3, 0.4) is 0 Å². The minimum atomic E-state index is -3.18. The van der Waals surface area contributed by atoms with E-state index in [-0.39, 0.29) is 30.8 Å². The second-order valence-corrected chi connectivity index (χ2v) is 8.89. The third-order valence-electron chi connectivity index (χ3n) is 4.47. The minimum absolute atomic E-state index is 0.200. The summed E-state index contributed by atoms with van der Waals surface area (Å²) in [5.41, 5.74) is 0. The van der Waals surface area contributed by atoms with Gasteiger partial charge in [0, 0.05) is 30.4 Å². The zero-order valence-corrected chi connectivity index (χ0v) is 13.5. The number of halogens is 1. The summed E-state index contributed by atoms with van der Waals surface area (Å²) in [5, 5.41) is -1.17. The molecule has 0 spiro atoms. The lowest BCUT2D eigenvalue weighted by molar-refractivity contribution is -0.144. The molecule has 7 heteroatoms. The Balaban J connectivity index is 2.10. The van der Waals surface area contributed by atoms with Crippen LogP contribution in [0, 0.1) is 11.8 Å². The first kappa shape index (κ1) is 16.6. The molecule has 0 amide bonds. The lowest BCUT2D eigenvalue weighted by Gasteiger charge is -2.33. The molecule has 0 heterocycles. The van der Waals surface area contributed by atoms with Gasteiger partial charge in [-0.1, -0.05) is 0 Å². The summed E-state index contributed by atoms with van der Waals surface area (Å²) in [6, 6.07) is 0. The van der Waals surface area contributed by atoms with Crippen molar-refractivity contribution in [3.63, 3.8) is 0 Å². The highest BCUT2D eigenvalue weighted by Crippen LogP contribution is 2.35. The van der Waals surface area contributed by atoms with Crippen molar-refractivity contribution in [2.45, 2.75) is 49.2 Å². The van der Waals surface area contributed by atoms with Crippen LogP contribution in [0.4, 0.5) is 0 Å². The maximum Gasteiger partial charge on any atom is 0.155 e. The van der Waals surface area contributed by atoms with Crippen molar-refractivity contribution < 1.29 is 22.8 Å². The Morgan fingerprint density at radius 2 is 1.71 bits per heavy atom. The molecule has 0 aromatic rings. The largest absolute Gasteiger partial charge is 0.298 e. The molecule has 2 aliphatic rings. The van der Waals surface area contributed by atoms with Crippen LogP contribution in [0.15, 0.2) is 0 Å². The van der Waals surface area contributed by atoms with E-state index in [2.05, 4.69) is 0 Å². The second kappa shape index (κ2) is 6.16. The van der Waals surface area contributed by atoms with Crippen molar-refractivity contribution in [1.29, 1.82) is 0 Å². The van der Waals surface area contributed by atoms with E-state index in [0.29, 0.717) is 19.3 Å². The predicted octanol–water partition coefficient (Wildman–Crippen LogP) is 1.31. The topological polar surface area (TPSA) is 85.3 Å². The van der Waals surface area contributed by atoms with E-state index in [1.165, 1.54) is 0 Å². The average molecular weight is 335 g/mol. The Hall–Kier alpha value is -0.750. The lowest BCUT2D eigenvalue weighted by atomic mass is 9.75. The van der Waals surface area contributed by atoms with Crippen LogP contribution in [0.5, 0.6) is 0 Å². The first-order chi connectivity index (χ1) is 9.71. The van der Waals surface area contributed by atoms with Gasteiger partial charge in [0.15, 0.2) is 17.3 Å². The van der Waals surface area contributed by atoms with Crippen LogP contribution < -0.4 is 0 Å². The fourth-order valence-electron chi connectivity index (χ4n) is 3.23. The maximum atomic E-state index is 12.5. The summed E-state index contributed by atoms with van der Waals surface area (Å²) >= 11 is 6.19. The van der Waals surface area contributed by atoms with E-state index in [4.69, 9.17) is 11.6 Å². The summed E-state index contributed by atoms with van der Waals surface area (Å²) in [4.78, 5) is 36.1. The molecule has 0 aliphatic heterocycles. The molecule has 2 aliphatic carbocycles. The molecule has 118 valence electrons. The molecule has 0 saturated heterocycles. The molecule has 2 rings (SSSR count). The molecule has 0 radical (unpaired) electrons. The standard InChI is InChI=1S/C14H19ClO5S/c1-21(19,20)8-5-6-9(10(15)7-8)14(18)13-11(16)3-2-4-12(13)17/h8-10,13H,2-7H2,1H3. The van der Waals surface area contributed by atoms with E-state index in [9.17, 15) is 22.8 Å². The van der Waals surface area contributed by atoms with Gasteiger partial charge in [-0.25, -0.2) is 8.42 Å². The molecule has 5 nitrogen and oxygen atoms in total. The van der Waals surface area contributed by atoms with Crippen molar-refractivity contribution in [2.75, 3.05) is 6.26 Å². The molecule has 2 fully saturated rings. The van der Waals surface area contributed by atoms with Gasteiger partial charge in [-0.2, -0.15) is 0 Å². The van der Waals surface area contributed by atoms with Gasteiger partial charge in [-0.3, -0.25) is 14.4 Å². The first-order valence-corrected chi connectivity index (χ1v) is 9.53. The van der Waals surface area contributed by atoms with Crippen LogP contribution >= 0.6 is 11.6 Å². The van der Waals surface area contributed by atoms with Gasteiger partial charge in [-0.15, -0.1) is 11.6 Å². The van der Waals surface area contributed by atoms with Crippen molar-refractivity contribution in [2.24, 2.45) is 11.8 Å². The van der Waals surface area contributed by atoms with Crippen molar-refractivity contribution in [1.82, 2.24) is 0 Å². The van der Waals surface area contributed by atoms with Gasteiger partial charge in [0.25, 0.3) is 0 Å². The number of Topliss-reactive ketones (excluding diaryl/α,β-unsaturated/α-hetero) is 3. The predicted molar refractivity (Wildman–Crippen MR) is 78.0 cm³/mol. The average Bonchev–Trinajstić information content (AvgIpc) is 2.37. The molecule has 3 unspecified atom stereocenters. The van der Waals surface area contributed by atoms with Gasteiger partial charge in [0.05, 0.1) is 5.25 Å². The monoisotopic (exact) mass is 334 g/mol. The third kappa shape index (κ3) is 3.54. The van der Waals surface area contributed by atoms with Crippen LogP contribution in [0.1, 0.15) is 38.5 Å². The van der Waals surface area contributed by atoms with Gasteiger partial charge in [0.1, 0.15) is 15.8 Å². The molecule has 0 bridgehead atoms. The Morgan fingerprint density at radius 1 is 1.14 bits per heavy atom. The highest BCUT2D eigenvalue weighted by Gasteiger charge is 2.44. The summed E-state index contributed by atoms with van der Waals surface area (Å²) in [6.07, 6.45) is 3.06. The van der Waals surface area contributed by atoms with Crippen molar-refractivity contribution in [3.05, 3.63) is 0 Å². The fourth-order valence-corrected chi connectivity index (χ4v) is 4.92.